The quantitative estimate of drug-likeness (QED) is 0.625. The Labute approximate surface area is 142 Å². The molecule has 1 fully saturated rings. The van der Waals surface area contributed by atoms with Crippen molar-refractivity contribution in [1.82, 2.24) is 4.90 Å². The van der Waals surface area contributed by atoms with Crippen LogP contribution in [-0.4, -0.2) is 30.1 Å². The van der Waals surface area contributed by atoms with Gasteiger partial charge in [-0.25, -0.2) is 4.79 Å². The molecule has 22 heavy (non-hydrogen) atoms. The van der Waals surface area contributed by atoms with Gasteiger partial charge in [0.25, 0.3) is 0 Å². The van der Waals surface area contributed by atoms with Gasteiger partial charge in [0.15, 0.2) is 0 Å². The average Bonchev–Trinajstić information content (AvgIpc) is 2.99. The Bertz CT molecular complexity index is 488. The second-order valence-corrected chi connectivity index (χ2v) is 5.46. The summed E-state index contributed by atoms with van der Waals surface area (Å²) in [6.45, 7) is 0.133. The molecule has 1 aromatic carbocycles. The Kier molecular flexibility index (Phi) is 7.50. The first-order valence-electron chi connectivity index (χ1n) is 7.24. The van der Waals surface area contributed by atoms with Crippen molar-refractivity contribution in [3.8, 4) is 0 Å². The third-order valence-electron chi connectivity index (χ3n) is 4.00. The zero-order chi connectivity index (χ0) is 15.2. The normalized spacial score (nSPS) is 15.7. The van der Waals surface area contributed by atoms with Crippen molar-refractivity contribution in [3.05, 3.63) is 35.9 Å². The van der Waals surface area contributed by atoms with Crippen LogP contribution in [-0.2, 0) is 16.1 Å². The molecule has 0 saturated heterocycles. The van der Waals surface area contributed by atoms with E-state index in [1.165, 1.54) is 7.05 Å². The van der Waals surface area contributed by atoms with E-state index < -0.39 is 18.1 Å². The van der Waals surface area contributed by atoms with Gasteiger partial charge in [-0.2, -0.15) is 0 Å². The number of carbonyl (C=O) groups excluding carboxylic acids is 2. The van der Waals surface area contributed by atoms with Crippen LogP contribution in [0.3, 0.4) is 0 Å². The summed E-state index contributed by atoms with van der Waals surface area (Å²) in [5, 5.41) is 11.3. The van der Waals surface area contributed by atoms with Crippen LogP contribution >= 0.6 is 0 Å². The van der Waals surface area contributed by atoms with Crippen LogP contribution in [0.15, 0.2) is 30.3 Å². The van der Waals surface area contributed by atoms with Crippen LogP contribution in [0.2, 0.25) is 0 Å². The van der Waals surface area contributed by atoms with Crippen molar-refractivity contribution in [2.24, 2.45) is 5.92 Å². The first-order chi connectivity index (χ1) is 10.1. The number of nitrogens with zero attached hydrogens (tertiary/aromatic N) is 1. The van der Waals surface area contributed by atoms with Gasteiger partial charge in [0, 0.05) is 7.05 Å². The van der Waals surface area contributed by atoms with Crippen molar-refractivity contribution in [2.45, 2.75) is 38.3 Å². The summed E-state index contributed by atoms with van der Waals surface area (Å²) in [7, 11) is 1.46. The Morgan fingerprint density at radius 2 is 1.86 bits per heavy atom. The molecule has 2 rings (SSSR count). The summed E-state index contributed by atoms with van der Waals surface area (Å²) < 4.78 is 5.18. The number of likely N-dealkylation sites (N-methyl/N-ethyl adjacent to an activating group) is 1. The van der Waals surface area contributed by atoms with Crippen molar-refractivity contribution < 1.29 is 38.3 Å². The fourth-order valence-corrected chi connectivity index (χ4v) is 2.87. The van der Waals surface area contributed by atoms with Gasteiger partial charge in [-0.15, -0.1) is 0 Å². The zero-order valence-electron chi connectivity index (χ0n) is 13.2. The molecule has 0 aliphatic heterocycles. The zero-order valence-corrected chi connectivity index (χ0v) is 13.2. The van der Waals surface area contributed by atoms with E-state index in [2.05, 4.69) is 0 Å². The third-order valence-corrected chi connectivity index (χ3v) is 4.00. The Morgan fingerprint density at radius 1 is 1.27 bits per heavy atom. The molecule has 1 amide bonds. The van der Waals surface area contributed by atoms with Gasteiger partial charge < -0.3 is 19.5 Å². The monoisotopic (exact) mass is 297 g/mol. The van der Waals surface area contributed by atoms with E-state index in [9.17, 15) is 14.7 Å². The van der Waals surface area contributed by atoms with Crippen molar-refractivity contribution in [3.63, 3.8) is 0 Å². The fraction of sp³-hybridized carbons (Fsp3) is 0.500. The fourth-order valence-electron chi connectivity index (χ4n) is 2.87. The van der Waals surface area contributed by atoms with E-state index in [1.54, 1.807) is 0 Å². The molecule has 0 unspecified atom stereocenters. The SMILES string of the molecule is CN(C(=O)OCc1ccccc1)[C@H](C(=O)[O-])C1CCCC1.[Li+]. The molecular formula is C16H20LiNO4. The molecule has 114 valence electrons. The number of amides is 1. The maximum absolute atomic E-state index is 12.0. The molecule has 6 heteroatoms. The summed E-state index contributed by atoms with van der Waals surface area (Å²) in [4.78, 5) is 24.5. The number of carbonyl (C=O) groups is 2. The van der Waals surface area contributed by atoms with Crippen LogP contribution < -0.4 is 24.0 Å². The van der Waals surface area contributed by atoms with Gasteiger partial charge in [0.2, 0.25) is 0 Å². The summed E-state index contributed by atoms with van der Waals surface area (Å²) in [6.07, 6.45) is 3.01. The van der Waals surface area contributed by atoms with Crippen LogP contribution in [0.1, 0.15) is 31.2 Å². The molecule has 0 aromatic heterocycles. The topological polar surface area (TPSA) is 69.7 Å². The largest absolute Gasteiger partial charge is 1.00 e. The number of hydrogen-bond donors (Lipinski definition) is 0. The Balaban J connectivity index is 0.00000242. The molecule has 0 spiro atoms. The smallest absolute Gasteiger partial charge is 0.548 e. The summed E-state index contributed by atoms with van der Waals surface area (Å²) in [6, 6.07) is 8.38. The van der Waals surface area contributed by atoms with Gasteiger partial charge in [-0.05, 0) is 24.3 Å². The predicted octanol–water partition coefficient (Wildman–Crippen LogP) is -1.43. The number of carboxylic acids is 1. The maximum Gasteiger partial charge on any atom is 1.00 e. The minimum absolute atomic E-state index is 0. The van der Waals surface area contributed by atoms with Crippen molar-refractivity contribution in [1.29, 1.82) is 0 Å². The molecule has 0 heterocycles. The van der Waals surface area contributed by atoms with Crippen LogP contribution in [0.5, 0.6) is 0 Å². The van der Waals surface area contributed by atoms with E-state index in [4.69, 9.17) is 4.74 Å². The van der Waals surface area contributed by atoms with E-state index in [0.29, 0.717) is 0 Å². The number of carboxylic acid groups (broad SMARTS) is 1. The number of rotatable bonds is 5. The minimum atomic E-state index is -1.21. The van der Waals surface area contributed by atoms with Crippen LogP contribution in [0.25, 0.3) is 0 Å². The standard InChI is InChI=1S/C16H21NO4.Li/c1-17(14(15(18)19)13-9-5-6-10-13)16(20)21-11-12-7-3-2-4-8-12;/h2-4,7-8,13-14H,5-6,9-11H2,1H3,(H,18,19);/q;+1/p-1/t14-;/m0./s1. The second kappa shape index (κ2) is 8.87. The predicted molar refractivity (Wildman–Crippen MR) is 75.1 cm³/mol. The minimum Gasteiger partial charge on any atom is -0.548 e. The maximum atomic E-state index is 12.0. The number of aliphatic carboxylic acids is 1. The second-order valence-electron chi connectivity index (χ2n) is 5.46. The average molecular weight is 297 g/mol. The first-order valence-corrected chi connectivity index (χ1v) is 7.24. The van der Waals surface area contributed by atoms with Crippen LogP contribution in [0.4, 0.5) is 4.79 Å². The van der Waals surface area contributed by atoms with Crippen molar-refractivity contribution >= 4 is 12.1 Å². The molecule has 1 saturated carbocycles. The molecule has 1 atom stereocenters. The van der Waals surface area contributed by atoms with E-state index in [0.717, 1.165) is 36.1 Å². The Morgan fingerprint density at radius 3 is 2.41 bits per heavy atom. The molecule has 0 radical (unpaired) electrons. The van der Waals surface area contributed by atoms with Gasteiger partial charge in [0.05, 0.1) is 12.0 Å². The van der Waals surface area contributed by atoms with E-state index in [-0.39, 0.29) is 31.4 Å². The summed E-state index contributed by atoms with van der Waals surface area (Å²) >= 11 is 0. The third kappa shape index (κ3) is 4.79. The summed E-state index contributed by atoms with van der Waals surface area (Å²) in [5.74, 6) is -1.25. The van der Waals surface area contributed by atoms with Gasteiger partial charge in [0.1, 0.15) is 6.61 Å². The van der Waals surface area contributed by atoms with Crippen molar-refractivity contribution in [2.75, 3.05) is 7.05 Å². The van der Waals surface area contributed by atoms with Gasteiger partial charge in [-0.1, -0.05) is 43.2 Å². The number of ether oxygens (including phenoxy) is 1. The van der Waals surface area contributed by atoms with Gasteiger partial charge >= 0.3 is 25.0 Å². The van der Waals surface area contributed by atoms with E-state index >= 15 is 0 Å². The Hall–Kier alpha value is -1.44. The van der Waals surface area contributed by atoms with Crippen LogP contribution in [0, 0.1) is 5.92 Å². The molecule has 0 N–H and O–H groups in total. The summed E-state index contributed by atoms with van der Waals surface area (Å²) in [5.41, 5.74) is 0.866. The van der Waals surface area contributed by atoms with Gasteiger partial charge in [-0.3, -0.25) is 0 Å². The molecule has 0 bridgehead atoms. The van der Waals surface area contributed by atoms with E-state index in [1.807, 2.05) is 30.3 Å². The molecule has 5 nitrogen and oxygen atoms in total. The first kappa shape index (κ1) is 18.6. The molecular weight excluding hydrogens is 277 g/mol. The molecule has 1 aliphatic carbocycles. The molecule has 1 aliphatic rings. The number of benzene rings is 1. The molecule has 1 aromatic rings. The number of hydrogen-bond acceptors (Lipinski definition) is 4.